The number of amides is 1. The molecule has 0 spiro atoms. The van der Waals surface area contributed by atoms with Crippen LogP contribution >= 0.6 is 11.3 Å². The third-order valence-electron chi connectivity index (χ3n) is 3.57. The fourth-order valence-corrected chi connectivity index (χ4v) is 3.36. The van der Waals surface area contributed by atoms with Gasteiger partial charge in [-0.05, 0) is 61.0 Å². The van der Waals surface area contributed by atoms with E-state index in [2.05, 4.69) is 20.8 Å². The van der Waals surface area contributed by atoms with E-state index < -0.39 is 0 Å². The largest absolute Gasteiger partial charge is 0.494 e. The van der Waals surface area contributed by atoms with Crippen molar-refractivity contribution in [2.45, 2.75) is 20.8 Å². The zero-order chi connectivity index (χ0) is 17.1. The summed E-state index contributed by atoms with van der Waals surface area (Å²) < 4.78 is 6.92. The Morgan fingerprint density at radius 2 is 2.04 bits per heavy atom. The van der Waals surface area contributed by atoms with Crippen molar-refractivity contribution in [1.82, 2.24) is 20.2 Å². The molecule has 0 aliphatic carbocycles. The van der Waals surface area contributed by atoms with Crippen LogP contribution in [0.15, 0.2) is 30.6 Å². The molecule has 2 heterocycles. The molecule has 1 amide bonds. The molecule has 7 nitrogen and oxygen atoms in total. The molecule has 0 fully saturated rings. The monoisotopic (exact) mass is 343 g/mol. The lowest BCUT2D eigenvalue weighted by molar-refractivity contribution is 0.102. The molecule has 8 heteroatoms. The minimum atomic E-state index is -0.188. The van der Waals surface area contributed by atoms with Crippen molar-refractivity contribution in [1.29, 1.82) is 0 Å². The van der Waals surface area contributed by atoms with Crippen molar-refractivity contribution in [3.05, 3.63) is 46.6 Å². The molecule has 0 saturated heterocycles. The zero-order valence-corrected chi connectivity index (χ0v) is 14.4. The van der Waals surface area contributed by atoms with Crippen LogP contribution in [0.3, 0.4) is 0 Å². The Morgan fingerprint density at radius 3 is 2.67 bits per heavy atom. The van der Waals surface area contributed by atoms with Crippen LogP contribution in [0, 0.1) is 13.8 Å². The van der Waals surface area contributed by atoms with Crippen LogP contribution in [0.25, 0.3) is 5.00 Å². The highest BCUT2D eigenvalue weighted by molar-refractivity contribution is 7.15. The Kier molecular flexibility index (Phi) is 4.57. The number of hydrogen-bond donors (Lipinski definition) is 1. The summed E-state index contributed by atoms with van der Waals surface area (Å²) in [5, 5.41) is 14.8. The van der Waals surface area contributed by atoms with E-state index in [4.69, 9.17) is 4.74 Å². The molecule has 0 unspecified atom stereocenters. The number of aryl methyl sites for hydroxylation is 1. The van der Waals surface area contributed by atoms with Gasteiger partial charge in [-0.2, -0.15) is 4.68 Å². The standard InChI is InChI=1S/C16H17N5O2S/c1-4-23-13-7-5-12(6-8-13)18-15(22)14-10(2)11(3)24-16(14)21-9-17-19-20-21/h5-9H,4H2,1-3H3,(H,18,22). The molecule has 124 valence electrons. The second-order valence-corrected chi connectivity index (χ2v) is 6.33. The Hall–Kier alpha value is -2.74. The van der Waals surface area contributed by atoms with E-state index in [0.717, 1.165) is 16.2 Å². The number of hydrogen-bond acceptors (Lipinski definition) is 6. The third kappa shape index (κ3) is 3.13. The van der Waals surface area contributed by atoms with Crippen molar-refractivity contribution in [2.75, 3.05) is 11.9 Å². The average molecular weight is 343 g/mol. The summed E-state index contributed by atoms with van der Waals surface area (Å²) in [5.74, 6) is 0.582. The van der Waals surface area contributed by atoms with Crippen LogP contribution in [0.2, 0.25) is 0 Å². The van der Waals surface area contributed by atoms with E-state index in [-0.39, 0.29) is 5.91 Å². The summed E-state index contributed by atoms with van der Waals surface area (Å²) in [7, 11) is 0. The normalized spacial score (nSPS) is 10.6. The number of rotatable bonds is 5. The van der Waals surface area contributed by atoms with Crippen LogP contribution in [0.5, 0.6) is 5.75 Å². The summed E-state index contributed by atoms with van der Waals surface area (Å²) in [6.07, 6.45) is 1.48. The zero-order valence-electron chi connectivity index (χ0n) is 13.6. The van der Waals surface area contributed by atoms with Gasteiger partial charge in [0.15, 0.2) is 0 Å². The Bertz CT molecular complexity index is 840. The van der Waals surface area contributed by atoms with Gasteiger partial charge in [0.1, 0.15) is 17.1 Å². The van der Waals surface area contributed by atoms with Crippen LogP contribution in [-0.2, 0) is 0 Å². The minimum Gasteiger partial charge on any atom is -0.494 e. The van der Waals surface area contributed by atoms with Gasteiger partial charge in [-0.15, -0.1) is 16.4 Å². The van der Waals surface area contributed by atoms with Crippen molar-refractivity contribution in [2.24, 2.45) is 0 Å². The Balaban J connectivity index is 1.87. The number of ether oxygens (including phenoxy) is 1. The highest BCUT2D eigenvalue weighted by Crippen LogP contribution is 2.31. The van der Waals surface area contributed by atoms with Gasteiger partial charge in [-0.3, -0.25) is 4.79 Å². The number of carbonyl (C=O) groups excluding carboxylic acids is 1. The number of aromatic nitrogens is 4. The van der Waals surface area contributed by atoms with Gasteiger partial charge in [-0.1, -0.05) is 0 Å². The Morgan fingerprint density at radius 1 is 1.29 bits per heavy atom. The summed E-state index contributed by atoms with van der Waals surface area (Å²) in [6, 6.07) is 7.28. The van der Waals surface area contributed by atoms with Gasteiger partial charge < -0.3 is 10.1 Å². The molecule has 0 aliphatic rings. The molecule has 2 aromatic heterocycles. The SMILES string of the molecule is CCOc1ccc(NC(=O)c2c(-n3cnnn3)sc(C)c2C)cc1. The quantitative estimate of drug-likeness (QED) is 0.770. The van der Waals surface area contributed by atoms with Gasteiger partial charge >= 0.3 is 0 Å². The van der Waals surface area contributed by atoms with Gasteiger partial charge in [0.2, 0.25) is 0 Å². The fourth-order valence-electron chi connectivity index (χ4n) is 2.29. The van der Waals surface area contributed by atoms with Gasteiger partial charge in [0.05, 0.1) is 12.2 Å². The van der Waals surface area contributed by atoms with Gasteiger partial charge in [0.25, 0.3) is 5.91 Å². The topological polar surface area (TPSA) is 81.9 Å². The number of nitrogens with one attached hydrogen (secondary N) is 1. The smallest absolute Gasteiger partial charge is 0.259 e. The first kappa shape index (κ1) is 16.1. The Labute approximate surface area is 143 Å². The predicted molar refractivity (Wildman–Crippen MR) is 92.1 cm³/mol. The van der Waals surface area contributed by atoms with Crippen molar-refractivity contribution in [3.63, 3.8) is 0 Å². The maximum absolute atomic E-state index is 12.8. The average Bonchev–Trinajstić information content (AvgIpc) is 3.19. The van der Waals surface area contributed by atoms with E-state index in [9.17, 15) is 4.79 Å². The highest BCUT2D eigenvalue weighted by Gasteiger charge is 2.21. The molecule has 3 rings (SSSR count). The number of anilines is 1. The molecule has 1 aromatic carbocycles. The third-order valence-corrected chi connectivity index (χ3v) is 4.77. The number of tetrazole rings is 1. The van der Waals surface area contributed by atoms with Crippen LogP contribution in [0.1, 0.15) is 27.7 Å². The van der Waals surface area contributed by atoms with E-state index >= 15 is 0 Å². The predicted octanol–water partition coefficient (Wildman–Crippen LogP) is 2.99. The summed E-state index contributed by atoms with van der Waals surface area (Å²) in [5.41, 5.74) is 2.21. The first-order chi connectivity index (χ1) is 11.6. The van der Waals surface area contributed by atoms with E-state index in [1.54, 1.807) is 0 Å². The van der Waals surface area contributed by atoms with Crippen LogP contribution in [0.4, 0.5) is 5.69 Å². The number of thiophene rings is 1. The first-order valence-electron chi connectivity index (χ1n) is 7.47. The summed E-state index contributed by atoms with van der Waals surface area (Å²) in [4.78, 5) is 13.8. The lowest BCUT2D eigenvalue weighted by Gasteiger charge is -2.08. The molecule has 3 aromatic rings. The van der Waals surface area contributed by atoms with Crippen LogP contribution in [-0.4, -0.2) is 32.7 Å². The molecule has 1 N–H and O–H groups in total. The number of carbonyl (C=O) groups is 1. The molecular formula is C16H17N5O2S. The van der Waals surface area contributed by atoms with Crippen molar-refractivity contribution in [3.8, 4) is 10.8 Å². The number of nitrogens with zero attached hydrogens (tertiary/aromatic N) is 4. The lowest BCUT2D eigenvalue weighted by Crippen LogP contribution is -2.15. The molecule has 0 radical (unpaired) electrons. The molecule has 0 atom stereocenters. The molecule has 24 heavy (non-hydrogen) atoms. The van der Waals surface area contributed by atoms with Crippen molar-refractivity contribution >= 4 is 22.9 Å². The highest BCUT2D eigenvalue weighted by atomic mass is 32.1. The molecular weight excluding hydrogens is 326 g/mol. The summed E-state index contributed by atoms with van der Waals surface area (Å²) in [6.45, 7) is 6.43. The second kappa shape index (κ2) is 6.79. The molecule has 0 bridgehead atoms. The maximum Gasteiger partial charge on any atom is 0.259 e. The van der Waals surface area contributed by atoms with E-state index in [1.165, 1.54) is 22.3 Å². The first-order valence-corrected chi connectivity index (χ1v) is 8.29. The van der Waals surface area contributed by atoms with E-state index in [1.807, 2.05) is 45.0 Å². The van der Waals surface area contributed by atoms with E-state index in [0.29, 0.717) is 22.9 Å². The van der Waals surface area contributed by atoms with Gasteiger partial charge in [-0.25, -0.2) is 0 Å². The molecule has 0 saturated carbocycles. The minimum absolute atomic E-state index is 0.188. The van der Waals surface area contributed by atoms with Crippen LogP contribution < -0.4 is 10.1 Å². The number of benzene rings is 1. The van der Waals surface area contributed by atoms with Gasteiger partial charge in [0, 0.05) is 10.6 Å². The fraction of sp³-hybridized carbons (Fsp3) is 0.250. The lowest BCUT2D eigenvalue weighted by atomic mass is 10.1. The van der Waals surface area contributed by atoms with Crippen molar-refractivity contribution < 1.29 is 9.53 Å². The molecule has 0 aliphatic heterocycles. The summed E-state index contributed by atoms with van der Waals surface area (Å²) >= 11 is 1.49. The second-order valence-electron chi connectivity index (χ2n) is 5.13. The maximum atomic E-state index is 12.8.